The lowest BCUT2D eigenvalue weighted by Gasteiger charge is -2.28. The first-order valence-corrected chi connectivity index (χ1v) is 9.00. The minimum absolute atomic E-state index is 0.365. The van der Waals surface area contributed by atoms with E-state index in [0.717, 1.165) is 12.5 Å². The van der Waals surface area contributed by atoms with Gasteiger partial charge >= 0.3 is 8.80 Å². The number of nitrogens with two attached hydrogens (primary N) is 1. The van der Waals surface area contributed by atoms with Crippen molar-refractivity contribution in [2.75, 3.05) is 39.6 Å². The van der Waals surface area contributed by atoms with Crippen LogP contribution in [-0.4, -0.2) is 69.8 Å². The molecule has 0 rings (SSSR count). The molecule has 0 radical (unpaired) electrons. The van der Waals surface area contributed by atoms with E-state index in [1.807, 2.05) is 20.8 Å². The van der Waals surface area contributed by atoms with E-state index in [-0.39, 0.29) is 13.2 Å². The molecular weight excluding hydrogens is 282 g/mol. The molecule has 0 amide bonds. The molecule has 0 bridgehead atoms. The fourth-order valence-electron chi connectivity index (χ4n) is 1.38. The lowest BCUT2D eigenvalue weighted by Crippen LogP contribution is -2.46. The second-order valence-electron chi connectivity index (χ2n) is 3.89. The maximum atomic E-state index is 8.17. The smallest absolute Gasteiger partial charge is 0.394 e. The summed E-state index contributed by atoms with van der Waals surface area (Å²) in [5.74, 6) is 0. The van der Waals surface area contributed by atoms with Crippen LogP contribution in [0, 0.1) is 0 Å². The van der Waals surface area contributed by atoms with Crippen molar-refractivity contribution in [2.45, 2.75) is 39.3 Å². The fourth-order valence-corrected chi connectivity index (χ4v) is 4.02. The van der Waals surface area contributed by atoms with Crippen molar-refractivity contribution in [2.24, 2.45) is 5.73 Å². The Kier molecular flexibility index (Phi) is 17.0. The molecule has 0 aliphatic carbocycles. The monoisotopic (exact) mass is 313 g/mol. The summed E-state index contributed by atoms with van der Waals surface area (Å²) in [5.41, 5.74) is 5.48. The van der Waals surface area contributed by atoms with Crippen molar-refractivity contribution in [3.63, 3.8) is 0 Å². The maximum Gasteiger partial charge on any atom is 0.500 e. The second kappa shape index (κ2) is 15.3. The number of rotatable bonds is 11. The number of hydrogen-bond donors (Lipinski definition) is 4. The third kappa shape index (κ3) is 11.7. The summed E-state index contributed by atoms with van der Waals surface area (Å²) >= 11 is 0. The van der Waals surface area contributed by atoms with Gasteiger partial charge in [0.05, 0.1) is 13.2 Å². The van der Waals surface area contributed by atoms with Gasteiger partial charge in [-0.2, -0.15) is 0 Å². The van der Waals surface area contributed by atoms with Crippen molar-refractivity contribution in [1.82, 2.24) is 0 Å². The van der Waals surface area contributed by atoms with Gasteiger partial charge < -0.3 is 34.3 Å². The van der Waals surface area contributed by atoms with Crippen LogP contribution in [0.4, 0.5) is 0 Å². The molecule has 0 aromatic heterocycles. The first kappa shape index (κ1) is 22.2. The van der Waals surface area contributed by atoms with Crippen molar-refractivity contribution in [1.29, 1.82) is 0 Å². The maximum absolute atomic E-state index is 8.17. The summed E-state index contributed by atoms with van der Waals surface area (Å²) < 4.78 is 17.0. The molecule has 0 aliphatic heterocycles. The number of aliphatic hydroxyl groups excluding tert-OH is 3. The first-order chi connectivity index (χ1) is 9.55. The van der Waals surface area contributed by atoms with Gasteiger partial charge in [0.25, 0.3) is 0 Å². The topological polar surface area (TPSA) is 114 Å². The summed E-state index contributed by atoms with van der Waals surface area (Å²) in [6.07, 6.45) is -0.0586. The molecular formula is C12H31NO6Si. The quantitative estimate of drug-likeness (QED) is 0.388. The lowest BCUT2D eigenvalue weighted by molar-refractivity contribution is 0.0450. The van der Waals surface area contributed by atoms with Gasteiger partial charge in [-0.15, -0.1) is 0 Å². The second-order valence-corrected chi connectivity index (χ2v) is 6.63. The van der Waals surface area contributed by atoms with E-state index in [2.05, 4.69) is 0 Å². The van der Waals surface area contributed by atoms with Gasteiger partial charge in [-0.05, 0) is 33.7 Å². The van der Waals surface area contributed by atoms with E-state index in [1.54, 1.807) is 0 Å². The van der Waals surface area contributed by atoms with Crippen LogP contribution in [0.25, 0.3) is 0 Å². The van der Waals surface area contributed by atoms with E-state index in [0.29, 0.717) is 26.4 Å². The molecule has 124 valence electrons. The SMILES string of the molecule is CCO[Si](CCCN)(OCC)OCC.OCC(O)CO. The van der Waals surface area contributed by atoms with Gasteiger partial charge in [0.2, 0.25) is 0 Å². The highest BCUT2D eigenvalue weighted by Crippen LogP contribution is 2.17. The Labute approximate surface area is 123 Å². The third-order valence-electron chi connectivity index (χ3n) is 2.20. The molecule has 20 heavy (non-hydrogen) atoms. The molecule has 0 spiro atoms. The van der Waals surface area contributed by atoms with Crippen molar-refractivity contribution in [3.05, 3.63) is 0 Å². The van der Waals surface area contributed by atoms with Crippen LogP contribution >= 0.6 is 0 Å². The van der Waals surface area contributed by atoms with Gasteiger partial charge in [0.15, 0.2) is 0 Å². The van der Waals surface area contributed by atoms with Crippen LogP contribution in [0.15, 0.2) is 0 Å². The molecule has 8 heteroatoms. The van der Waals surface area contributed by atoms with Gasteiger partial charge in [-0.1, -0.05) is 0 Å². The van der Waals surface area contributed by atoms with Gasteiger partial charge in [0, 0.05) is 25.9 Å². The molecule has 0 aliphatic rings. The largest absolute Gasteiger partial charge is 0.500 e. The summed E-state index contributed by atoms with van der Waals surface area (Å²) in [4.78, 5) is 0. The molecule has 0 atom stereocenters. The zero-order valence-corrected chi connectivity index (χ0v) is 13.9. The van der Waals surface area contributed by atoms with Crippen LogP contribution in [0.3, 0.4) is 0 Å². The first-order valence-electron chi connectivity index (χ1n) is 7.07. The average molecular weight is 313 g/mol. The van der Waals surface area contributed by atoms with Crippen molar-refractivity contribution >= 4 is 8.80 Å². The lowest BCUT2D eigenvalue weighted by atomic mass is 10.4. The Morgan fingerprint density at radius 2 is 1.35 bits per heavy atom. The molecule has 0 heterocycles. The van der Waals surface area contributed by atoms with E-state index in [1.165, 1.54) is 0 Å². The van der Waals surface area contributed by atoms with Gasteiger partial charge in [0.1, 0.15) is 6.10 Å². The molecule has 0 aromatic rings. The van der Waals surface area contributed by atoms with E-state index >= 15 is 0 Å². The highest BCUT2D eigenvalue weighted by molar-refractivity contribution is 6.60. The van der Waals surface area contributed by atoms with E-state index in [9.17, 15) is 0 Å². The van der Waals surface area contributed by atoms with Crippen LogP contribution in [0.1, 0.15) is 27.2 Å². The van der Waals surface area contributed by atoms with E-state index < -0.39 is 14.9 Å². The van der Waals surface area contributed by atoms with Crippen molar-refractivity contribution < 1.29 is 28.6 Å². The summed E-state index contributed by atoms with van der Waals surface area (Å²) in [7, 11) is -2.40. The molecule has 0 unspecified atom stereocenters. The number of hydrogen-bond acceptors (Lipinski definition) is 7. The number of aliphatic hydroxyl groups is 3. The standard InChI is InChI=1S/C9H23NO3Si.C3H8O3/c1-4-11-14(12-5-2,13-6-3)9-7-8-10;4-1-3(6)2-5/h4-10H2,1-3H3;3-6H,1-2H2. The zero-order valence-electron chi connectivity index (χ0n) is 12.9. The molecule has 0 saturated heterocycles. The molecule has 0 aromatic carbocycles. The summed E-state index contributed by atoms with van der Waals surface area (Å²) in [6.45, 7) is 7.71. The predicted molar refractivity (Wildman–Crippen MR) is 79.3 cm³/mol. The Morgan fingerprint density at radius 3 is 1.55 bits per heavy atom. The Hall–Kier alpha value is -0.0631. The van der Waals surface area contributed by atoms with Crippen LogP contribution in [0.5, 0.6) is 0 Å². The van der Waals surface area contributed by atoms with Crippen LogP contribution in [0.2, 0.25) is 6.04 Å². The molecule has 7 nitrogen and oxygen atoms in total. The fraction of sp³-hybridized carbons (Fsp3) is 1.00. The minimum atomic E-state index is -2.40. The van der Waals surface area contributed by atoms with Crippen molar-refractivity contribution in [3.8, 4) is 0 Å². The highest BCUT2D eigenvalue weighted by atomic mass is 28.4. The average Bonchev–Trinajstić information content (AvgIpc) is 2.46. The molecule has 0 saturated carbocycles. The Bertz CT molecular complexity index is 178. The Balaban J connectivity index is 0. The Morgan fingerprint density at radius 1 is 0.950 bits per heavy atom. The minimum Gasteiger partial charge on any atom is -0.394 e. The summed E-state index contributed by atoms with van der Waals surface area (Å²) in [6, 6.07) is 0.818. The zero-order chi connectivity index (χ0) is 15.9. The normalized spacial score (nSPS) is 11.4. The van der Waals surface area contributed by atoms with Crippen LogP contribution in [-0.2, 0) is 13.3 Å². The van der Waals surface area contributed by atoms with Crippen LogP contribution < -0.4 is 5.73 Å². The summed E-state index contributed by atoms with van der Waals surface area (Å²) in [5, 5.41) is 24.0. The third-order valence-corrected chi connectivity index (χ3v) is 5.35. The predicted octanol–water partition coefficient (Wildman–Crippen LogP) is -0.284. The molecule has 0 fully saturated rings. The molecule has 5 N–H and O–H groups in total. The van der Waals surface area contributed by atoms with Gasteiger partial charge in [-0.3, -0.25) is 0 Å². The van der Waals surface area contributed by atoms with E-state index in [4.69, 9.17) is 34.3 Å². The highest BCUT2D eigenvalue weighted by Gasteiger charge is 2.39. The van der Waals surface area contributed by atoms with Gasteiger partial charge in [-0.25, -0.2) is 0 Å².